The van der Waals surface area contributed by atoms with Crippen LogP contribution in [0.1, 0.15) is 29.8 Å². The number of amides is 1. The van der Waals surface area contributed by atoms with Crippen LogP contribution in [-0.4, -0.2) is 26.8 Å². The van der Waals surface area contributed by atoms with Crippen LogP contribution in [-0.2, 0) is 6.54 Å². The summed E-state index contributed by atoms with van der Waals surface area (Å²) < 4.78 is 0. The van der Waals surface area contributed by atoms with Crippen LogP contribution < -0.4 is 0 Å². The highest BCUT2D eigenvalue weighted by Gasteiger charge is 2.22. The number of carbonyl (C=O) groups is 1. The van der Waals surface area contributed by atoms with E-state index in [1.54, 1.807) is 29.4 Å². The van der Waals surface area contributed by atoms with Crippen molar-refractivity contribution < 1.29 is 4.79 Å². The van der Waals surface area contributed by atoms with Crippen LogP contribution in [0.2, 0.25) is 10.3 Å². The van der Waals surface area contributed by atoms with Gasteiger partial charge in [-0.2, -0.15) is 0 Å². The molecule has 0 aromatic carbocycles. The minimum atomic E-state index is -0.178. The Hall–Kier alpha value is -1.65. The van der Waals surface area contributed by atoms with Crippen molar-refractivity contribution in [1.82, 2.24) is 14.9 Å². The van der Waals surface area contributed by atoms with Crippen molar-refractivity contribution in [3.63, 3.8) is 0 Å². The summed E-state index contributed by atoms with van der Waals surface area (Å²) in [6, 6.07) is 6.94. The molecule has 0 radical (unpaired) electrons. The summed E-state index contributed by atoms with van der Waals surface area (Å²) in [4.78, 5) is 22.4. The molecule has 0 bridgehead atoms. The Morgan fingerprint density at radius 2 is 2.05 bits per heavy atom. The zero-order valence-electron chi connectivity index (χ0n) is 11.8. The molecule has 0 saturated heterocycles. The molecule has 2 aromatic rings. The van der Waals surface area contributed by atoms with Gasteiger partial charge >= 0.3 is 0 Å². The Morgan fingerprint density at radius 1 is 1.29 bits per heavy atom. The molecule has 0 fully saturated rings. The summed E-state index contributed by atoms with van der Waals surface area (Å²) in [7, 11) is 0. The van der Waals surface area contributed by atoms with Gasteiger partial charge in [-0.25, -0.2) is 4.98 Å². The van der Waals surface area contributed by atoms with Gasteiger partial charge in [-0.05, 0) is 37.6 Å². The zero-order valence-corrected chi connectivity index (χ0v) is 13.3. The van der Waals surface area contributed by atoms with E-state index in [-0.39, 0.29) is 22.3 Å². The Bertz CT molecular complexity index is 632. The fourth-order valence-corrected chi connectivity index (χ4v) is 2.33. The second-order valence-electron chi connectivity index (χ2n) is 4.86. The second-order valence-corrected chi connectivity index (χ2v) is 5.61. The largest absolute Gasteiger partial charge is 0.332 e. The zero-order chi connectivity index (χ0) is 15.4. The average Bonchev–Trinajstić information content (AvgIpc) is 2.45. The lowest BCUT2D eigenvalue weighted by atomic mass is 10.1. The minimum absolute atomic E-state index is 0.0180. The standard InChI is InChI=1S/C15H15Cl2N3O/c1-10(2)20(9-11-4-3-7-18-8-11)15(21)12-5-6-13(16)19-14(12)17/h3-8,10H,9H2,1-2H3. The van der Waals surface area contributed by atoms with Gasteiger partial charge in [-0.3, -0.25) is 9.78 Å². The van der Waals surface area contributed by atoms with Gasteiger partial charge in [0.2, 0.25) is 0 Å². The first kappa shape index (κ1) is 15.7. The molecule has 0 aliphatic heterocycles. The molecule has 0 N–H and O–H groups in total. The predicted molar refractivity (Wildman–Crippen MR) is 83.5 cm³/mol. The first-order valence-electron chi connectivity index (χ1n) is 6.51. The molecule has 4 nitrogen and oxygen atoms in total. The number of hydrogen-bond donors (Lipinski definition) is 0. The van der Waals surface area contributed by atoms with Crippen LogP contribution in [0.4, 0.5) is 0 Å². The van der Waals surface area contributed by atoms with Crippen LogP contribution in [0.25, 0.3) is 0 Å². The summed E-state index contributed by atoms with van der Waals surface area (Å²) in [5.74, 6) is -0.178. The molecular formula is C15H15Cl2N3O. The van der Waals surface area contributed by atoms with E-state index < -0.39 is 0 Å². The second kappa shape index (κ2) is 6.87. The van der Waals surface area contributed by atoms with E-state index in [9.17, 15) is 4.79 Å². The highest BCUT2D eigenvalue weighted by molar-refractivity contribution is 6.34. The van der Waals surface area contributed by atoms with E-state index in [0.717, 1.165) is 5.56 Å². The summed E-state index contributed by atoms with van der Waals surface area (Å²) in [5.41, 5.74) is 1.30. The third-order valence-corrected chi connectivity index (χ3v) is 3.50. The number of pyridine rings is 2. The SMILES string of the molecule is CC(C)N(Cc1cccnc1)C(=O)c1ccc(Cl)nc1Cl. The molecule has 2 heterocycles. The van der Waals surface area contributed by atoms with Gasteiger partial charge in [0.1, 0.15) is 10.3 Å². The highest BCUT2D eigenvalue weighted by Crippen LogP contribution is 2.20. The molecule has 0 saturated carbocycles. The number of aromatic nitrogens is 2. The van der Waals surface area contributed by atoms with Crippen molar-refractivity contribution >= 4 is 29.1 Å². The number of nitrogens with zero attached hydrogens (tertiary/aromatic N) is 3. The maximum Gasteiger partial charge on any atom is 0.257 e. The van der Waals surface area contributed by atoms with Crippen LogP contribution in [0.5, 0.6) is 0 Å². The lowest BCUT2D eigenvalue weighted by Gasteiger charge is -2.27. The van der Waals surface area contributed by atoms with Gasteiger partial charge in [0.05, 0.1) is 5.56 Å². The molecule has 0 aliphatic rings. The molecule has 1 amide bonds. The third kappa shape index (κ3) is 3.93. The summed E-state index contributed by atoms with van der Waals surface area (Å²) in [6.07, 6.45) is 3.44. The molecule has 2 aromatic heterocycles. The molecule has 0 aliphatic carbocycles. The van der Waals surface area contributed by atoms with Crippen molar-refractivity contribution in [2.45, 2.75) is 26.4 Å². The van der Waals surface area contributed by atoms with Crippen LogP contribution in [0, 0.1) is 0 Å². The lowest BCUT2D eigenvalue weighted by Crippen LogP contribution is -2.36. The molecule has 6 heteroatoms. The van der Waals surface area contributed by atoms with Gasteiger partial charge in [0, 0.05) is 25.0 Å². The predicted octanol–water partition coefficient (Wildman–Crippen LogP) is 3.83. The summed E-state index contributed by atoms with van der Waals surface area (Å²) >= 11 is 11.8. The molecular weight excluding hydrogens is 309 g/mol. The summed E-state index contributed by atoms with van der Waals surface area (Å²) in [5, 5.41) is 0.379. The van der Waals surface area contributed by atoms with E-state index >= 15 is 0 Å². The Balaban J connectivity index is 2.27. The normalized spacial score (nSPS) is 10.7. The average molecular weight is 324 g/mol. The summed E-state index contributed by atoms with van der Waals surface area (Å²) in [6.45, 7) is 4.36. The number of carbonyl (C=O) groups excluding carboxylic acids is 1. The fourth-order valence-electron chi connectivity index (χ4n) is 1.90. The smallest absolute Gasteiger partial charge is 0.257 e. The first-order valence-corrected chi connectivity index (χ1v) is 7.26. The van der Waals surface area contributed by atoms with Gasteiger partial charge in [0.25, 0.3) is 5.91 Å². The first-order chi connectivity index (χ1) is 9.99. The van der Waals surface area contributed by atoms with Gasteiger partial charge in [0.15, 0.2) is 0 Å². The Labute approximate surface area is 133 Å². The molecule has 0 atom stereocenters. The Kier molecular flexibility index (Phi) is 5.15. The van der Waals surface area contributed by atoms with Crippen LogP contribution in [0.15, 0.2) is 36.7 Å². The quantitative estimate of drug-likeness (QED) is 0.803. The third-order valence-electron chi connectivity index (χ3n) is 3.01. The Morgan fingerprint density at radius 3 is 2.62 bits per heavy atom. The molecule has 0 unspecified atom stereocenters. The van der Waals surface area contributed by atoms with Crippen molar-refractivity contribution in [2.24, 2.45) is 0 Å². The van der Waals surface area contributed by atoms with E-state index in [1.807, 2.05) is 26.0 Å². The van der Waals surface area contributed by atoms with Crippen LogP contribution in [0.3, 0.4) is 0 Å². The van der Waals surface area contributed by atoms with Gasteiger partial charge in [-0.15, -0.1) is 0 Å². The van der Waals surface area contributed by atoms with Gasteiger partial charge < -0.3 is 4.90 Å². The van der Waals surface area contributed by atoms with E-state index in [1.165, 1.54) is 0 Å². The van der Waals surface area contributed by atoms with E-state index in [2.05, 4.69) is 9.97 Å². The van der Waals surface area contributed by atoms with Crippen LogP contribution >= 0.6 is 23.2 Å². The number of rotatable bonds is 4. The van der Waals surface area contributed by atoms with Crippen molar-refractivity contribution in [3.8, 4) is 0 Å². The van der Waals surface area contributed by atoms with E-state index in [0.29, 0.717) is 12.1 Å². The molecule has 21 heavy (non-hydrogen) atoms. The topological polar surface area (TPSA) is 46.1 Å². The van der Waals surface area contributed by atoms with Crippen molar-refractivity contribution in [3.05, 3.63) is 58.1 Å². The lowest BCUT2D eigenvalue weighted by molar-refractivity contribution is 0.0690. The minimum Gasteiger partial charge on any atom is -0.332 e. The number of halogens is 2. The number of hydrogen-bond acceptors (Lipinski definition) is 3. The van der Waals surface area contributed by atoms with Crippen molar-refractivity contribution in [2.75, 3.05) is 0 Å². The fraction of sp³-hybridized carbons (Fsp3) is 0.267. The molecule has 2 rings (SSSR count). The van der Waals surface area contributed by atoms with E-state index in [4.69, 9.17) is 23.2 Å². The monoisotopic (exact) mass is 323 g/mol. The maximum atomic E-state index is 12.7. The molecule has 110 valence electrons. The van der Waals surface area contributed by atoms with Crippen molar-refractivity contribution in [1.29, 1.82) is 0 Å². The molecule has 0 spiro atoms. The highest BCUT2D eigenvalue weighted by atomic mass is 35.5. The maximum absolute atomic E-state index is 12.7. The van der Waals surface area contributed by atoms with Gasteiger partial charge in [-0.1, -0.05) is 29.3 Å².